The maximum Gasteiger partial charge on any atom is 0.248 e. The molecule has 0 atom stereocenters. The van der Waals surface area contributed by atoms with E-state index in [0.717, 1.165) is 6.07 Å². The predicted octanol–water partition coefficient (Wildman–Crippen LogP) is 2.51. The summed E-state index contributed by atoms with van der Waals surface area (Å²) in [4.78, 5) is 10.5. The number of phenols is 1. The average molecular weight is 431 g/mol. The van der Waals surface area contributed by atoms with Crippen LogP contribution in [0.3, 0.4) is 0 Å². The molecule has 2 aromatic rings. The van der Waals surface area contributed by atoms with Gasteiger partial charge in [0, 0.05) is 11.8 Å². The first-order valence-corrected chi connectivity index (χ1v) is 7.29. The molecule has 0 bridgehead atoms. The maximum absolute atomic E-state index is 12.6. The van der Waals surface area contributed by atoms with Crippen molar-refractivity contribution in [2.24, 2.45) is 5.73 Å². The Morgan fingerprint density at radius 2 is 2.04 bits per heavy atom. The SMILES string of the molecule is COc1cc(C=N)cc(I)c1O.NC(=O)c1ccc(N)c(F)c1. The third kappa shape index (κ3) is 5.09. The minimum Gasteiger partial charge on any atom is -0.504 e. The Bertz CT molecular complexity index is 738. The predicted molar refractivity (Wildman–Crippen MR) is 94.6 cm³/mol. The summed E-state index contributed by atoms with van der Waals surface area (Å²) in [6.45, 7) is 0. The Balaban J connectivity index is 0.000000231. The molecule has 0 aromatic heterocycles. The quantitative estimate of drug-likeness (QED) is 0.339. The molecule has 0 aliphatic carbocycles. The lowest BCUT2D eigenvalue weighted by Gasteiger charge is -2.05. The molecule has 6 nitrogen and oxygen atoms in total. The van der Waals surface area contributed by atoms with E-state index in [9.17, 15) is 14.3 Å². The van der Waals surface area contributed by atoms with Crippen molar-refractivity contribution in [3.63, 3.8) is 0 Å². The van der Waals surface area contributed by atoms with Crippen molar-refractivity contribution in [2.45, 2.75) is 0 Å². The van der Waals surface area contributed by atoms with E-state index in [-0.39, 0.29) is 17.0 Å². The van der Waals surface area contributed by atoms with E-state index < -0.39 is 11.7 Å². The molecule has 1 amide bonds. The highest BCUT2D eigenvalue weighted by atomic mass is 127. The Kier molecular flexibility index (Phi) is 6.76. The number of nitrogens with one attached hydrogen (secondary N) is 1. The number of methoxy groups -OCH3 is 1. The summed E-state index contributed by atoms with van der Waals surface area (Å²) < 4.78 is 18.2. The van der Waals surface area contributed by atoms with Gasteiger partial charge >= 0.3 is 0 Å². The van der Waals surface area contributed by atoms with E-state index in [1.54, 1.807) is 12.1 Å². The molecule has 0 aliphatic heterocycles. The molecule has 0 heterocycles. The monoisotopic (exact) mass is 431 g/mol. The van der Waals surface area contributed by atoms with Gasteiger partial charge in [0.25, 0.3) is 0 Å². The number of phenolic OH excluding ortho intramolecular Hbond substituents is 1. The van der Waals surface area contributed by atoms with Gasteiger partial charge in [-0.1, -0.05) is 0 Å². The van der Waals surface area contributed by atoms with Gasteiger partial charge < -0.3 is 26.7 Å². The highest BCUT2D eigenvalue weighted by Gasteiger charge is 2.06. The van der Waals surface area contributed by atoms with Crippen molar-refractivity contribution in [2.75, 3.05) is 12.8 Å². The summed E-state index contributed by atoms with van der Waals surface area (Å²) >= 11 is 1.99. The fraction of sp³-hybridized carbons (Fsp3) is 0.0667. The second-order valence-corrected chi connectivity index (χ2v) is 5.46. The number of carbonyl (C=O) groups excluding carboxylic acids is 1. The van der Waals surface area contributed by atoms with Gasteiger partial charge in [0.05, 0.1) is 16.4 Å². The number of hydrogen-bond acceptors (Lipinski definition) is 5. The first-order chi connectivity index (χ1) is 10.8. The number of nitrogens with two attached hydrogens (primary N) is 2. The van der Waals surface area contributed by atoms with Gasteiger partial charge in [0.15, 0.2) is 11.5 Å². The van der Waals surface area contributed by atoms with Gasteiger partial charge in [0.1, 0.15) is 5.82 Å². The van der Waals surface area contributed by atoms with Crippen molar-refractivity contribution < 1.29 is 19.0 Å². The van der Waals surface area contributed by atoms with E-state index in [1.165, 1.54) is 25.5 Å². The minimum atomic E-state index is -0.663. The fourth-order valence-corrected chi connectivity index (χ4v) is 2.14. The van der Waals surface area contributed by atoms with E-state index in [4.69, 9.17) is 21.6 Å². The van der Waals surface area contributed by atoms with Gasteiger partial charge in [-0.3, -0.25) is 4.79 Å². The Hall–Kier alpha value is -2.36. The van der Waals surface area contributed by atoms with E-state index in [2.05, 4.69) is 0 Å². The number of primary amides is 1. The molecular formula is C15H15FIN3O3. The van der Waals surface area contributed by atoms with Crippen LogP contribution in [0, 0.1) is 14.8 Å². The van der Waals surface area contributed by atoms with Gasteiger partial charge in [-0.2, -0.15) is 0 Å². The number of halogens is 2. The second-order valence-electron chi connectivity index (χ2n) is 4.30. The number of hydrogen-bond donors (Lipinski definition) is 4. The van der Waals surface area contributed by atoms with Gasteiger partial charge in [-0.15, -0.1) is 0 Å². The molecular weight excluding hydrogens is 416 g/mol. The molecule has 0 spiro atoms. The van der Waals surface area contributed by atoms with Crippen LogP contribution >= 0.6 is 22.6 Å². The van der Waals surface area contributed by atoms with Crippen LogP contribution in [-0.2, 0) is 0 Å². The number of benzene rings is 2. The largest absolute Gasteiger partial charge is 0.504 e. The molecule has 122 valence electrons. The van der Waals surface area contributed by atoms with Crippen LogP contribution in [0.1, 0.15) is 15.9 Å². The highest BCUT2D eigenvalue weighted by Crippen LogP contribution is 2.31. The normalized spacial score (nSPS) is 9.52. The smallest absolute Gasteiger partial charge is 0.248 e. The number of anilines is 1. The molecule has 0 saturated heterocycles. The number of aromatic hydroxyl groups is 1. The molecule has 0 fully saturated rings. The number of amides is 1. The van der Waals surface area contributed by atoms with Crippen LogP contribution in [0.2, 0.25) is 0 Å². The maximum atomic E-state index is 12.6. The van der Waals surface area contributed by atoms with Crippen molar-refractivity contribution in [1.29, 1.82) is 5.41 Å². The van der Waals surface area contributed by atoms with E-state index in [0.29, 0.717) is 14.9 Å². The summed E-state index contributed by atoms with van der Waals surface area (Å²) in [5.41, 5.74) is 10.9. The van der Waals surface area contributed by atoms with Crippen molar-refractivity contribution >= 4 is 40.4 Å². The zero-order valence-electron chi connectivity index (χ0n) is 12.1. The molecule has 0 radical (unpaired) electrons. The van der Waals surface area contributed by atoms with Crippen molar-refractivity contribution in [1.82, 2.24) is 0 Å². The third-order valence-electron chi connectivity index (χ3n) is 2.72. The van der Waals surface area contributed by atoms with Crippen LogP contribution in [0.4, 0.5) is 10.1 Å². The first kappa shape index (κ1) is 18.7. The van der Waals surface area contributed by atoms with Gasteiger partial charge in [-0.25, -0.2) is 4.39 Å². The zero-order chi connectivity index (χ0) is 17.6. The van der Waals surface area contributed by atoms with Gasteiger partial charge in [-0.05, 0) is 58.5 Å². The summed E-state index contributed by atoms with van der Waals surface area (Å²) in [5, 5.41) is 16.4. The molecule has 6 N–H and O–H groups in total. The summed E-state index contributed by atoms with van der Waals surface area (Å²) in [6, 6.07) is 7.02. The number of nitrogen functional groups attached to an aromatic ring is 1. The Labute approximate surface area is 145 Å². The first-order valence-electron chi connectivity index (χ1n) is 6.22. The lowest BCUT2D eigenvalue weighted by Crippen LogP contribution is -2.11. The van der Waals surface area contributed by atoms with Crippen molar-refractivity contribution in [3.8, 4) is 11.5 Å². The van der Waals surface area contributed by atoms with Crippen LogP contribution in [0.15, 0.2) is 30.3 Å². The number of ether oxygens (including phenoxy) is 1. The summed E-state index contributed by atoms with van der Waals surface area (Å²) in [6.07, 6.45) is 1.21. The minimum absolute atomic E-state index is 0.00926. The topological polar surface area (TPSA) is 122 Å². The number of rotatable bonds is 3. The van der Waals surface area contributed by atoms with Crippen LogP contribution in [0.25, 0.3) is 0 Å². The molecule has 0 aliphatic rings. The van der Waals surface area contributed by atoms with Crippen LogP contribution in [0.5, 0.6) is 11.5 Å². The Morgan fingerprint density at radius 1 is 1.39 bits per heavy atom. The molecule has 0 saturated carbocycles. The van der Waals surface area contributed by atoms with Gasteiger partial charge in [0.2, 0.25) is 5.91 Å². The average Bonchev–Trinajstić information content (AvgIpc) is 2.53. The molecule has 0 unspecified atom stereocenters. The molecule has 23 heavy (non-hydrogen) atoms. The Morgan fingerprint density at radius 3 is 2.52 bits per heavy atom. The van der Waals surface area contributed by atoms with E-state index in [1.807, 2.05) is 22.6 Å². The lowest BCUT2D eigenvalue weighted by atomic mass is 10.2. The standard InChI is InChI=1S/C8H8INO2.C7H7FN2O/c1-12-7-3-5(4-10)2-6(9)8(7)11;8-5-3-4(7(10)11)1-2-6(5)9/h2-4,10-11H,1H3;1-3H,9H2,(H2,10,11). The summed E-state index contributed by atoms with van der Waals surface area (Å²) in [5.74, 6) is -0.755. The third-order valence-corrected chi connectivity index (χ3v) is 3.54. The highest BCUT2D eigenvalue weighted by molar-refractivity contribution is 14.1. The van der Waals surface area contributed by atoms with Crippen LogP contribution in [-0.4, -0.2) is 24.3 Å². The number of carbonyl (C=O) groups is 1. The lowest BCUT2D eigenvalue weighted by molar-refractivity contribution is 0.1000. The fourth-order valence-electron chi connectivity index (χ4n) is 1.51. The molecule has 8 heteroatoms. The molecule has 2 aromatic carbocycles. The van der Waals surface area contributed by atoms with Crippen LogP contribution < -0.4 is 16.2 Å². The zero-order valence-corrected chi connectivity index (χ0v) is 14.3. The second kappa shape index (κ2) is 8.32. The molecule has 2 rings (SSSR count). The van der Waals surface area contributed by atoms with Crippen molar-refractivity contribution in [3.05, 3.63) is 50.8 Å². The van der Waals surface area contributed by atoms with E-state index >= 15 is 0 Å². The summed E-state index contributed by atoms with van der Waals surface area (Å²) in [7, 11) is 1.48.